The van der Waals surface area contributed by atoms with Crippen LogP contribution in [0.4, 0.5) is 5.69 Å². The van der Waals surface area contributed by atoms with E-state index in [0.717, 1.165) is 43.1 Å². The van der Waals surface area contributed by atoms with Gasteiger partial charge in [-0.05, 0) is 81.8 Å². The minimum absolute atomic E-state index is 0.00844. The number of piperidine rings is 1. The third-order valence-electron chi connectivity index (χ3n) is 5.37. The highest BCUT2D eigenvalue weighted by molar-refractivity contribution is 7.92. The molecule has 6 nitrogen and oxygen atoms in total. The largest absolute Gasteiger partial charge is 0.356 e. The number of nitrogens with zero attached hydrogens (tertiary/aromatic N) is 2. The molecule has 1 aromatic carbocycles. The van der Waals surface area contributed by atoms with Crippen LogP contribution < -0.4 is 9.62 Å². The van der Waals surface area contributed by atoms with Crippen molar-refractivity contribution in [1.29, 1.82) is 0 Å². The van der Waals surface area contributed by atoms with Crippen molar-refractivity contribution in [2.24, 2.45) is 5.92 Å². The molecule has 2 rings (SSSR count). The van der Waals surface area contributed by atoms with Crippen LogP contribution in [0.3, 0.4) is 0 Å². The number of benzene rings is 1. The van der Waals surface area contributed by atoms with Gasteiger partial charge >= 0.3 is 0 Å². The van der Waals surface area contributed by atoms with Gasteiger partial charge in [0.05, 0.1) is 11.9 Å². The number of nitrogens with one attached hydrogen (secondary N) is 1. The Kier molecular flexibility index (Phi) is 8.96. The lowest BCUT2D eigenvalue weighted by atomic mass is 10.0. The monoisotopic (exact) mass is 423 g/mol. The standard InChI is InChI=1S/C22H37N3O3S/c1-18-8-5-11-24(17-18)12-7-10-23-22(26)9-6-13-25(29(4,27)28)21-15-19(2)14-20(3)16-21/h14-16,18H,5-13,17H2,1-4H3,(H,23,26)/t18-/m1/s1. The molecule has 0 bridgehead atoms. The summed E-state index contributed by atoms with van der Waals surface area (Å²) in [4.78, 5) is 14.6. The molecule has 1 N–H and O–H groups in total. The summed E-state index contributed by atoms with van der Waals surface area (Å²) in [5.74, 6) is 0.763. The molecule has 1 fully saturated rings. The molecule has 0 saturated carbocycles. The van der Waals surface area contributed by atoms with E-state index in [2.05, 4.69) is 17.1 Å². The van der Waals surface area contributed by atoms with Crippen LogP contribution in [0.2, 0.25) is 0 Å². The van der Waals surface area contributed by atoms with E-state index in [1.54, 1.807) is 0 Å². The van der Waals surface area contributed by atoms with E-state index in [9.17, 15) is 13.2 Å². The third-order valence-corrected chi connectivity index (χ3v) is 6.57. The first-order valence-electron chi connectivity index (χ1n) is 10.7. The maximum atomic E-state index is 12.2. The molecule has 1 aromatic rings. The zero-order valence-electron chi connectivity index (χ0n) is 18.4. The first kappa shape index (κ1) is 23.7. The van der Waals surface area contributed by atoms with Gasteiger partial charge in [-0.25, -0.2) is 8.42 Å². The fraction of sp³-hybridized carbons (Fsp3) is 0.682. The average molecular weight is 424 g/mol. The Hall–Kier alpha value is -1.60. The molecule has 1 heterocycles. The third kappa shape index (κ3) is 8.34. The van der Waals surface area contributed by atoms with E-state index in [-0.39, 0.29) is 5.91 Å². The Labute approximate surface area is 176 Å². The number of carbonyl (C=O) groups excluding carboxylic acids is 1. The van der Waals surface area contributed by atoms with Crippen LogP contribution in [0, 0.1) is 19.8 Å². The number of sulfonamides is 1. The summed E-state index contributed by atoms with van der Waals surface area (Å²) in [7, 11) is -3.39. The first-order valence-corrected chi connectivity index (χ1v) is 12.5. The van der Waals surface area contributed by atoms with E-state index < -0.39 is 10.0 Å². The Morgan fingerprint density at radius 1 is 1.21 bits per heavy atom. The number of aryl methyl sites for hydroxylation is 2. The predicted octanol–water partition coefficient (Wildman–Crippen LogP) is 3.09. The van der Waals surface area contributed by atoms with Gasteiger partial charge < -0.3 is 10.2 Å². The lowest BCUT2D eigenvalue weighted by Crippen LogP contribution is -2.36. The van der Waals surface area contributed by atoms with Gasteiger partial charge in [-0.3, -0.25) is 9.10 Å². The van der Waals surface area contributed by atoms with Gasteiger partial charge in [-0.15, -0.1) is 0 Å². The molecule has 1 atom stereocenters. The van der Waals surface area contributed by atoms with Crippen LogP contribution in [0.15, 0.2) is 18.2 Å². The van der Waals surface area contributed by atoms with Gasteiger partial charge in [0.15, 0.2) is 0 Å². The van der Waals surface area contributed by atoms with Gasteiger partial charge in [-0.1, -0.05) is 13.0 Å². The Morgan fingerprint density at radius 2 is 1.90 bits per heavy atom. The zero-order chi connectivity index (χ0) is 21.4. The molecule has 7 heteroatoms. The van der Waals surface area contributed by atoms with Crippen molar-refractivity contribution in [2.45, 2.75) is 52.9 Å². The first-order chi connectivity index (χ1) is 13.6. The van der Waals surface area contributed by atoms with Crippen LogP contribution in [-0.2, 0) is 14.8 Å². The minimum atomic E-state index is -3.39. The van der Waals surface area contributed by atoms with Gasteiger partial charge in [0, 0.05) is 26.1 Å². The molecule has 0 radical (unpaired) electrons. The lowest BCUT2D eigenvalue weighted by Gasteiger charge is -2.30. The topological polar surface area (TPSA) is 69.7 Å². The molecule has 1 aliphatic heterocycles. The summed E-state index contributed by atoms with van der Waals surface area (Å²) in [6.07, 6.45) is 5.58. The average Bonchev–Trinajstić information content (AvgIpc) is 2.60. The molecule has 1 amide bonds. The molecule has 0 spiro atoms. The molecule has 1 saturated heterocycles. The summed E-state index contributed by atoms with van der Waals surface area (Å²) in [5, 5.41) is 2.97. The number of likely N-dealkylation sites (tertiary alicyclic amines) is 1. The van der Waals surface area contributed by atoms with Gasteiger partial charge in [0.1, 0.15) is 0 Å². The van der Waals surface area contributed by atoms with Gasteiger partial charge in [0.25, 0.3) is 0 Å². The fourth-order valence-electron chi connectivity index (χ4n) is 4.07. The molecule has 0 aliphatic carbocycles. The maximum Gasteiger partial charge on any atom is 0.232 e. The van der Waals surface area contributed by atoms with Crippen LogP contribution in [0.1, 0.15) is 50.2 Å². The second-order valence-electron chi connectivity index (χ2n) is 8.54. The van der Waals surface area contributed by atoms with Gasteiger partial charge in [-0.2, -0.15) is 0 Å². The van der Waals surface area contributed by atoms with E-state index in [1.807, 2.05) is 32.0 Å². The Balaban J connectivity index is 1.74. The number of carbonyl (C=O) groups is 1. The molecular formula is C22H37N3O3S. The SMILES string of the molecule is Cc1cc(C)cc(N(CCCC(=O)NCCCN2CCC[C@@H](C)C2)S(C)(=O)=O)c1. The van der Waals surface area contributed by atoms with E-state index in [1.165, 1.54) is 23.4 Å². The Morgan fingerprint density at radius 3 is 2.52 bits per heavy atom. The van der Waals surface area contributed by atoms with Crippen LogP contribution in [0.5, 0.6) is 0 Å². The number of anilines is 1. The summed E-state index contributed by atoms with van der Waals surface area (Å²) >= 11 is 0. The molecule has 0 unspecified atom stereocenters. The van der Waals surface area contributed by atoms with Crippen molar-refractivity contribution >= 4 is 21.6 Å². The van der Waals surface area contributed by atoms with Crippen molar-refractivity contribution in [1.82, 2.24) is 10.2 Å². The molecule has 29 heavy (non-hydrogen) atoms. The lowest BCUT2D eigenvalue weighted by molar-refractivity contribution is -0.121. The fourth-order valence-corrected chi connectivity index (χ4v) is 5.02. The van der Waals surface area contributed by atoms with E-state index in [0.29, 0.717) is 31.6 Å². The van der Waals surface area contributed by atoms with Crippen molar-refractivity contribution < 1.29 is 13.2 Å². The van der Waals surface area contributed by atoms with Crippen molar-refractivity contribution in [2.75, 3.05) is 43.3 Å². The summed E-state index contributed by atoms with van der Waals surface area (Å²) in [6.45, 7) is 10.5. The summed E-state index contributed by atoms with van der Waals surface area (Å²) < 4.78 is 25.9. The molecule has 1 aliphatic rings. The number of hydrogen-bond acceptors (Lipinski definition) is 4. The highest BCUT2D eigenvalue weighted by atomic mass is 32.2. The zero-order valence-corrected chi connectivity index (χ0v) is 19.2. The predicted molar refractivity (Wildman–Crippen MR) is 120 cm³/mol. The van der Waals surface area contributed by atoms with Crippen molar-refractivity contribution in [3.8, 4) is 0 Å². The Bertz CT molecular complexity index is 759. The minimum Gasteiger partial charge on any atom is -0.356 e. The van der Waals surface area contributed by atoms with E-state index in [4.69, 9.17) is 0 Å². The number of hydrogen-bond donors (Lipinski definition) is 1. The van der Waals surface area contributed by atoms with Crippen molar-refractivity contribution in [3.05, 3.63) is 29.3 Å². The van der Waals surface area contributed by atoms with E-state index >= 15 is 0 Å². The van der Waals surface area contributed by atoms with Crippen LogP contribution in [-0.4, -0.2) is 58.2 Å². The highest BCUT2D eigenvalue weighted by Crippen LogP contribution is 2.22. The second kappa shape index (κ2) is 11.0. The summed E-state index contributed by atoms with van der Waals surface area (Å²) in [6, 6.07) is 5.76. The molecule has 164 valence electrons. The number of rotatable bonds is 10. The van der Waals surface area contributed by atoms with Gasteiger partial charge in [0.2, 0.25) is 15.9 Å². The molecular weight excluding hydrogens is 386 g/mol. The quantitative estimate of drug-likeness (QED) is 0.587. The number of amides is 1. The van der Waals surface area contributed by atoms with Crippen LogP contribution >= 0.6 is 0 Å². The highest BCUT2D eigenvalue weighted by Gasteiger charge is 2.18. The smallest absolute Gasteiger partial charge is 0.232 e. The second-order valence-corrected chi connectivity index (χ2v) is 10.4. The van der Waals surface area contributed by atoms with Crippen molar-refractivity contribution in [3.63, 3.8) is 0 Å². The normalized spacial score (nSPS) is 17.9. The molecule has 0 aromatic heterocycles. The van der Waals surface area contributed by atoms with Crippen LogP contribution in [0.25, 0.3) is 0 Å². The summed E-state index contributed by atoms with van der Waals surface area (Å²) in [5.41, 5.74) is 2.71. The maximum absolute atomic E-state index is 12.2.